The van der Waals surface area contributed by atoms with Crippen LogP contribution in [-0.4, -0.2) is 17.7 Å². The second kappa shape index (κ2) is 9.45. The summed E-state index contributed by atoms with van der Waals surface area (Å²) in [5, 5.41) is 6.23. The summed E-state index contributed by atoms with van der Waals surface area (Å²) in [4.78, 5) is 39.1. The summed E-state index contributed by atoms with van der Waals surface area (Å²) < 4.78 is 0. The van der Waals surface area contributed by atoms with Gasteiger partial charge in [0.1, 0.15) is 10.7 Å². The molecule has 3 aromatic carbocycles. The van der Waals surface area contributed by atoms with Gasteiger partial charge in [-0.1, -0.05) is 64.6 Å². The Morgan fingerprint density at radius 1 is 0.758 bits per heavy atom. The zero-order valence-corrected chi connectivity index (χ0v) is 19.6. The van der Waals surface area contributed by atoms with Crippen molar-refractivity contribution in [3.63, 3.8) is 0 Å². The Balaban J connectivity index is 1.55. The Morgan fingerprint density at radius 3 is 2.15 bits per heavy atom. The van der Waals surface area contributed by atoms with E-state index in [1.165, 1.54) is 12.1 Å². The Labute approximate surface area is 208 Å². The molecule has 0 bridgehead atoms. The Hall–Kier alpha value is -3.03. The quantitative estimate of drug-likeness (QED) is 0.385. The zero-order valence-electron chi connectivity index (χ0n) is 16.5. The van der Waals surface area contributed by atoms with Crippen molar-refractivity contribution in [2.45, 2.75) is 0 Å². The predicted molar refractivity (Wildman–Crippen MR) is 131 cm³/mol. The van der Waals surface area contributed by atoms with Crippen LogP contribution >= 0.6 is 46.4 Å². The van der Waals surface area contributed by atoms with Crippen molar-refractivity contribution in [1.29, 1.82) is 0 Å². The zero-order chi connectivity index (χ0) is 23.7. The standard InChI is InChI=1S/C23H13Cl4N3O3/c24-13-9-14(25)11-16(10-13)29-21(31)12-4-3-5-15(8-12)28-20-19(27)22(32)30(23(20)33)18-7-2-1-6-17(18)26/h1-11,28H,(H,29,31). The largest absolute Gasteiger partial charge is 0.350 e. The Bertz CT molecular complexity index is 1320. The number of rotatable bonds is 5. The summed E-state index contributed by atoms with van der Waals surface area (Å²) in [5.74, 6) is -1.80. The highest BCUT2D eigenvalue weighted by atomic mass is 35.5. The van der Waals surface area contributed by atoms with E-state index in [9.17, 15) is 14.4 Å². The van der Waals surface area contributed by atoms with Crippen LogP contribution in [0, 0.1) is 0 Å². The number of halogens is 4. The molecule has 0 fully saturated rings. The molecular formula is C23H13Cl4N3O3. The molecule has 0 saturated heterocycles. The van der Waals surface area contributed by atoms with E-state index in [1.807, 2.05) is 0 Å². The first kappa shape index (κ1) is 23.1. The number of carbonyl (C=O) groups excluding carboxylic acids is 3. The number of hydrogen-bond donors (Lipinski definition) is 2. The minimum atomic E-state index is -0.705. The van der Waals surface area contributed by atoms with Gasteiger partial charge in [-0.2, -0.15) is 0 Å². The lowest BCUT2D eigenvalue weighted by molar-refractivity contribution is -0.120. The maximum absolute atomic E-state index is 12.9. The third-order valence-corrected chi connectivity index (χ3v) is 5.74. The molecule has 0 unspecified atom stereocenters. The number of nitrogens with zero attached hydrogens (tertiary/aromatic N) is 1. The molecule has 0 aromatic heterocycles. The van der Waals surface area contributed by atoms with Gasteiger partial charge in [0.15, 0.2) is 0 Å². The minimum Gasteiger partial charge on any atom is -0.350 e. The van der Waals surface area contributed by atoms with E-state index in [0.29, 0.717) is 21.4 Å². The number of amides is 3. The molecule has 0 saturated carbocycles. The third kappa shape index (κ3) is 4.84. The van der Waals surface area contributed by atoms with Crippen molar-refractivity contribution in [2.75, 3.05) is 15.5 Å². The molecule has 0 aliphatic carbocycles. The van der Waals surface area contributed by atoms with Crippen molar-refractivity contribution >= 4 is 81.2 Å². The van der Waals surface area contributed by atoms with Gasteiger partial charge < -0.3 is 10.6 Å². The van der Waals surface area contributed by atoms with Crippen LogP contribution in [0.5, 0.6) is 0 Å². The van der Waals surface area contributed by atoms with Crippen LogP contribution in [0.1, 0.15) is 10.4 Å². The van der Waals surface area contributed by atoms with Gasteiger partial charge in [-0.25, -0.2) is 4.90 Å². The topological polar surface area (TPSA) is 78.5 Å². The van der Waals surface area contributed by atoms with Crippen LogP contribution in [0.3, 0.4) is 0 Å². The number of para-hydroxylation sites is 1. The molecule has 1 aliphatic rings. The van der Waals surface area contributed by atoms with Crippen LogP contribution in [0.2, 0.25) is 15.1 Å². The summed E-state index contributed by atoms with van der Waals surface area (Å²) >= 11 is 24.3. The second-order valence-corrected chi connectivity index (χ2v) is 8.56. The van der Waals surface area contributed by atoms with Crippen LogP contribution in [0.4, 0.5) is 17.1 Å². The van der Waals surface area contributed by atoms with E-state index in [0.717, 1.165) is 4.90 Å². The summed E-state index contributed by atoms with van der Waals surface area (Å²) in [5.41, 5.74) is 1.18. The van der Waals surface area contributed by atoms with Crippen molar-refractivity contribution < 1.29 is 14.4 Å². The van der Waals surface area contributed by atoms with Crippen LogP contribution in [0.15, 0.2) is 77.5 Å². The maximum Gasteiger partial charge on any atom is 0.283 e. The molecule has 0 spiro atoms. The highest BCUT2D eigenvalue weighted by molar-refractivity contribution is 6.53. The van der Waals surface area contributed by atoms with Gasteiger partial charge in [0.25, 0.3) is 17.7 Å². The molecule has 10 heteroatoms. The number of anilines is 3. The molecule has 166 valence electrons. The fourth-order valence-corrected chi connectivity index (χ4v) is 4.13. The van der Waals surface area contributed by atoms with E-state index in [4.69, 9.17) is 46.4 Å². The average Bonchev–Trinajstić information content (AvgIpc) is 2.97. The molecule has 4 rings (SSSR count). The van der Waals surface area contributed by atoms with Crippen molar-refractivity contribution in [3.8, 4) is 0 Å². The smallest absolute Gasteiger partial charge is 0.283 e. The van der Waals surface area contributed by atoms with Gasteiger partial charge >= 0.3 is 0 Å². The predicted octanol–water partition coefficient (Wildman–Crippen LogP) is 6.33. The Kier molecular flexibility index (Phi) is 6.63. The van der Waals surface area contributed by atoms with E-state index in [1.54, 1.807) is 54.6 Å². The lowest BCUT2D eigenvalue weighted by Gasteiger charge is -2.16. The fraction of sp³-hybridized carbons (Fsp3) is 0. The summed E-state index contributed by atoms with van der Waals surface area (Å²) in [6.07, 6.45) is 0. The highest BCUT2D eigenvalue weighted by Crippen LogP contribution is 2.34. The molecule has 0 radical (unpaired) electrons. The molecule has 6 nitrogen and oxygen atoms in total. The third-order valence-electron chi connectivity index (χ3n) is 4.64. The number of carbonyl (C=O) groups is 3. The van der Waals surface area contributed by atoms with Gasteiger partial charge in [0.05, 0.1) is 10.7 Å². The number of nitrogens with one attached hydrogen (secondary N) is 2. The van der Waals surface area contributed by atoms with Crippen LogP contribution in [-0.2, 0) is 9.59 Å². The molecule has 1 heterocycles. The SMILES string of the molecule is O=C(Nc1cc(Cl)cc(Cl)c1)c1cccc(NC2=C(Cl)C(=O)N(c3ccccc3Cl)C2=O)c1. The first-order valence-electron chi connectivity index (χ1n) is 9.42. The van der Waals surface area contributed by atoms with Crippen molar-refractivity contribution in [1.82, 2.24) is 0 Å². The Morgan fingerprint density at radius 2 is 1.45 bits per heavy atom. The monoisotopic (exact) mass is 519 g/mol. The number of hydrogen-bond acceptors (Lipinski definition) is 4. The highest BCUT2D eigenvalue weighted by Gasteiger charge is 2.39. The normalized spacial score (nSPS) is 13.5. The molecule has 2 N–H and O–H groups in total. The van der Waals surface area contributed by atoms with Gasteiger partial charge in [-0.05, 0) is 48.5 Å². The molecule has 0 atom stereocenters. The van der Waals surface area contributed by atoms with Crippen molar-refractivity contribution in [3.05, 3.63) is 98.1 Å². The van der Waals surface area contributed by atoms with E-state index in [2.05, 4.69) is 10.6 Å². The summed E-state index contributed by atoms with van der Waals surface area (Å²) in [7, 11) is 0. The summed E-state index contributed by atoms with van der Waals surface area (Å²) in [6, 6.07) is 17.4. The number of imide groups is 1. The van der Waals surface area contributed by atoms with Crippen molar-refractivity contribution in [2.24, 2.45) is 0 Å². The number of benzene rings is 3. The fourth-order valence-electron chi connectivity index (χ4n) is 3.18. The van der Waals surface area contributed by atoms with Crippen LogP contribution in [0.25, 0.3) is 0 Å². The van der Waals surface area contributed by atoms with E-state index in [-0.39, 0.29) is 27.0 Å². The summed E-state index contributed by atoms with van der Waals surface area (Å²) in [6.45, 7) is 0. The van der Waals surface area contributed by atoms with E-state index >= 15 is 0 Å². The lowest BCUT2D eigenvalue weighted by atomic mass is 10.1. The first-order valence-corrected chi connectivity index (χ1v) is 10.9. The van der Waals surface area contributed by atoms with Crippen LogP contribution < -0.4 is 15.5 Å². The maximum atomic E-state index is 12.9. The van der Waals surface area contributed by atoms with Gasteiger partial charge in [0, 0.05) is 27.0 Å². The van der Waals surface area contributed by atoms with Gasteiger partial charge in [0.2, 0.25) is 0 Å². The second-order valence-electron chi connectivity index (χ2n) is 6.90. The van der Waals surface area contributed by atoms with E-state index < -0.39 is 17.7 Å². The molecule has 1 aliphatic heterocycles. The van der Waals surface area contributed by atoms with Gasteiger partial charge in [-0.15, -0.1) is 0 Å². The molecule has 3 aromatic rings. The first-order chi connectivity index (χ1) is 15.7. The van der Waals surface area contributed by atoms with Gasteiger partial charge in [-0.3, -0.25) is 14.4 Å². The molecule has 33 heavy (non-hydrogen) atoms. The molecular weight excluding hydrogens is 508 g/mol. The lowest BCUT2D eigenvalue weighted by Crippen LogP contribution is -2.32. The molecule has 3 amide bonds. The average molecular weight is 521 g/mol. The minimum absolute atomic E-state index is 0.124.